The molecule has 23 heavy (non-hydrogen) atoms. The second-order valence-corrected chi connectivity index (χ2v) is 7.05. The smallest absolute Gasteiger partial charge is 0.0489 e. The Kier molecular flexibility index (Phi) is 4.47. The lowest BCUT2D eigenvalue weighted by Crippen LogP contribution is -2.30. The maximum atomic E-state index is 4.28. The molecule has 3 heteroatoms. The molecule has 1 atom stereocenters. The van der Waals surface area contributed by atoms with Crippen LogP contribution in [-0.4, -0.2) is 27.3 Å². The highest BCUT2D eigenvalue weighted by Crippen LogP contribution is 2.41. The summed E-state index contributed by atoms with van der Waals surface area (Å²) in [4.78, 5) is 2.82. The molecule has 0 spiro atoms. The van der Waals surface area contributed by atoms with Gasteiger partial charge in [0.15, 0.2) is 0 Å². The van der Waals surface area contributed by atoms with Crippen LogP contribution in [0.2, 0.25) is 0 Å². The number of benzene rings is 1. The lowest BCUT2D eigenvalue weighted by Gasteiger charge is -2.29. The number of hydrogen-bond acceptors (Lipinski definition) is 2. The third-order valence-electron chi connectivity index (χ3n) is 5.38. The molecule has 122 valence electrons. The fraction of sp³-hybridized carbons (Fsp3) is 0.550. The van der Waals surface area contributed by atoms with Gasteiger partial charge in [-0.05, 0) is 62.3 Å². The van der Waals surface area contributed by atoms with Gasteiger partial charge in [-0.3, -0.25) is 9.58 Å². The summed E-state index contributed by atoms with van der Waals surface area (Å²) in [6, 6.07) is 12.6. The summed E-state index contributed by atoms with van der Waals surface area (Å²) in [5, 5.41) is 4.28. The van der Waals surface area contributed by atoms with Crippen LogP contribution in [0.25, 0.3) is 0 Å². The van der Waals surface area contributed by atoms with E-state index in [0.717, 1.165) is 12.6 Å². The number of unbranched alkanes of at least 4 members (excludes halogenated alkanes) is 2. The molecule has 0 radical (unpaired) electrons. The second-order valence-electron chi connectivity index (χ2n) is 7.05. The van der Waals surface area contributed by atoms with E-state index < -0.39 is 0 Å². The first-order chi connectivity index (χ1) is 11.4. The molecule has 1 fully saturated rings. The molecule has 1 aromatic heterocycles. The van der Waals surface area contributed by atoms with E-state index in [1.807, 2.05) is 16.9 Å². The summed E-state index contributed by atoms with van der Waals surface area (Å²) in [7, 11) is 0. The van der Waals surface area contributed by atoms with Crippen LogP contribution in [0.3, 0.4) is 0 Å². The van der Waals surface area contributed by atoms with Crippen LogP contribution in [0.15, 0.2) is 42.7 Å². The van der Waals surface area contributed by atoms with E-state index in [1.165, 1.54) is 51.5 Å². The summed E-state index contributed by atoms with van der Waals surface area (Å²) in [6.07, 6.45) is 13.2. The van der Waals surface area contributed by atoms with Gasteiger partial charge in [0.05, 0.1) is 0 Å². The minimum absolute atomic E-state index is 0.685. The van der Waals surface area contributed by atoms with E-state index in [4.69, 9.17) is 0 Å². The van der Waals surface area contributed by atoms with Crippen molar-refractivity contribution in [3.63, 3.8) is 0 Å². The molecule has 1 aromatic carbocycles. The van der Waals surface area contributed by atoms with Crippen molar-refractivity contribution in [2.24, 2.45) is 0 Å². The molecule has 2 aliphatic rings. The first-order valence-electron chi connectivity index (χ1n) is 9.23. The van der Waals surface area contributed by atoms with E-state index in [2.05, 4.69) is 40.5 Å². The van der Waals surface area contributed by atoms with E-state index >= 15 is 0 Å². The van der Waals surface area contributed by atoms with Crippen molar-refractivity contribution < 1.29 is 0 Å². The molecular formula is C20H27N3. The van der Waals surface area contributed by atoms with Crippen molar-refractivity contribution in [3.8, 4) is 0 Å². The zero-order chi connectivity index (χ0) is 15.5. The molecule has 1 saturated carbocycles. The summed E-state index contributed by atoms with van der Waals surface area (Å²) in [5.74, 6) is 0. The molecule has 0 bridgehead atoms. The standard InChI is InChI=1S/C20H27N3/c1(4-14-22-15-6-13-21-22)5-16-23(18-10-11-18)20-12-9-17-7-2-3-8-19(17)20/h2-3,6-8,13,15,18,20H,1,4-5,9-12,14,16H2. The first-order valence-corrected chi connectivity index (χ1v) is 9.23. The molecule has 1 heterocycles. The first kappa shape index (κ1) is 14.9. The van der Waals surface area contributed by atoms with Gasteiger partial charge < -0.3 is 0 Å². The average Bonchev–Trinajstić information content (AvgIpc) is 3.11. The normalized spacial score (nSPS) is 20.1. The van der Waals surface area contributed by atoms with Crippen LogP contribution in [0.1, 0.15) is 55.7 Å². The Hall–Kier alpha value is -1.61. The summed E-state index contributed by atoms with van der Waals surface area (Å²) in [5.41, 5.74) is 3.19. The zero-order valence-corrected chi connectivity index (χ0v) is 13.9. The lowest BCUT2D eigenvalue weighted by molar-refractivity contribution is 0.182. The van der Waals surface area contributed by atoms with Crippen LogP contribution in [0.5, 0.6) is 0 Å². The Bertz CT molecular complexity index is 616. The van der Waals surface area contributed by atoms with E-state index in [-0.39, 0.29) is 0 Å². The van der Waals surface area contributed by atoms with E-state index in [0.29, 0.717) is 6.04 Å². The lowest BCUT2D eigenvalue weighted by atomic mass is 10.1. The molecular weight excluding hydrogens is 282 g/mol. The fourth-order valence-corrected chi connectivity index (χ4v) is 4.06. The van der Waals surface area contributed by atoms with Gasteiger partial charge in [0, 0.05) is 31.0 Å². The molecule has 3 nitrogen and oxygen atoms in total. The molecule has 4 rings (SSSR count). The van der Waals surface area contributed by atoms with Crippen molar-refractivity contribution in [2.75, 3.05) is 6.54 Å². The SMILES string of the molecule is c1ccc2c(c1)CCC2N(CCCCCn1cccn1)C1CC1. The molecule has 0 saturated heterocycles. The third-order valence-corrected chi connectivity index (χ3v) is 5.38. The van der Waals surface area contributed by atoms with Crippen molar-refractivity contribution >= 4 is 0 Å². The number of fused-ring (bicyclic) bond motifs is 1. The Labute approximate surface area is 139 Å². The van der Waals surface area contributed by atoms with Gasteiger partial charge in [-0.2, -0.15) is 5.10 Å². The van der Waals surface area contributed by atoms with Gasteiger partial charge in [-0.15, -0.1) is 0 Å². The summed E-state index contributed by atoms with van der Waals surface area (Å²) >= 11 is 0. The predicted molar refractivity (Wildman–Crippen MR) is 93.3 cm³/mol. The highest BCUT2D eigenvalue weighted by atomic mass is 15.3. The topological polar surface area (TPSA) is 21.1 Å². The predicted octanol–water partition coefficient (Wildman–Crippen LogP) is 4.21. The van der Waals surface area contributed by atoms with Crippen molar-refractivity contribution in [3.05, 3.63) is 53.9 Å². The minimum Gasteiger partial charge on any atom is -0.293 e. The van der Waals surface area contributed by atoms with Crippen molar-refractivity contribution in [2.45, 2.75) is 63.6 Å². The maximum absolute atomic E-state index is 4.28. The summed E-state index contributed by atoms with van der Waals surface area (Å²) in [6.45, 7) is 2.32. The highest BCUT2D eigenvalue weighted by molar-refractivity contribution is 5.34. The highest BCUT2D eigenvalue weighted by Gasteiger charge is 2.36. The van der Waals surface area contributed by atoms with Gasteiger partial charge >= 0.3 is 0 Å². The molecule has 2 aromatic rings. The molecule has 1 unspecified atom stereocenters. The van der Waals surface area contributed by atoms with Gasteiger partial charge in [0.2, 0.25) is 0 Å². The number of aryl methyl sites for hydroxylation is 2. The Morgan fingerprint density at radius 2 is 1.96 bits per heavy atom. The van der Waals surface area contributed by atoms with E-state index in [9.17, 15) is 0 Å². The molecule has 0 N–H and O–H groups in total. The average molecular weight is 309 g/mol. The largest absolute Gasteiger partial charge is 0.293 e. The number of aromatic nitrogens is 2. The minimum atomic E-state index is 0.685. The van der Waals surface area contributed by atoms with Crippen LogP contribution >= 0.6 is 0 Å². The molecule has 2 aliphatic carbocycles. The van der Waals surface area contributed by atoms with Crippen LogP contribution < -0.4 is 0 Å². The molecule has 0 aliphatic heterocycles. The summed E-state index contributed by atoms with van der Waals surface area (Å²) < 4.78 is 2.05. The van der Waals surface area contributed by atoms with Crippen molar-refractivity contribution in [1.29, 1.82) is 0 Å². The quantitative estimate of drug-likeness (QED) is 0.681. The molecule has 0 amide bonds. The van der Waals surface area contributed by atoms with Gasteiger partial charge in [-0.1, -0.05) is 30.7 Å². The maximum Gasteiger partial charge on any atom is 0.0489 e. The second kappa shape index (κ2) is 6.88. The Morgan fingerprint density at radius 3 is 2.78 bits per heavy atom. The van der Waals surface area contributed by atoms with E-state index in [1.54, 1.807) is 11.1 Å². The number of rotatable bonds is 8. The number of nitrogens with zero attached hydrogens (tertiary/aromatic N) is 3. The van der Waals surface area contributed by atoms with Gasteiger partial charge in [0.1, 0.15) is 0 Å². The van der Waals surface area contributed by atoms with Crippen molar-refractivity contribution in [1.82, 2.24) is 14.7 Å². The van der Waals surface area contributed by atoms with Gasteiger partial charge in [-0.25, -0.2) is 0 Å². The zero-order valence-electron chi connectivity index (χ0n) is 13.9. The van der Waals surface area contributed by atoms with Crippen LogP contribution in [0, 0.1) is 0 Å². The van der Waals surface area contributed by atoms with Gasteiger partial charge in [0.25, 0.3) is 0 Å². The number of hydrogen-bond donors (Lipinski definition) is 0. The van der Waals surface area contributed by atoms with Crippen LogP contribution in [-0.2, 0) is 13.0 Å². The van der Waals surface area contributed by atoms with Crippen LogP contribution in [0.4, 0.5) is 0 Å². The monoisotopic (exact) mass is 309 g/mol. The third kappa shape index (κ3) is 3.50. The Morgan fingerprint density at radius 1 is 1.04 bits per heavy atom. The Balaban J connectivity index is 1.29. The fourth-order valence-electron chi connectivity index (χ4n) is 4.06.